The molecule has 0 unspecified atom stereocenters. The zero-order chi connectivity index (χ0) is 17.6. The van der Waals surface area contributed by atoms with Crippen LogP contribution in [0.4, 0.5) is 10.1 Å². The van der Waals surface area contributed by atoms with Crippen molar-refractivity contribution in [3.8, 4) is 6.07 Å². The molecule has 25 heavy (non-hydrogen) atoms. The minimum absolute atomic E-state index is 0.0115. The number of amides is 1. The van der Waals surface area contributed by atoms with Gasteiger partial charge in [0.2, 0.25) is 0 Å². The molecule has 1 saturated heterocycles. The number of morpholine rings is 1. The SMILES string of the molecule is N#Cc1ccc(F)c(CNc2ccc(C(=O)N3CCOCC3)cc2)c1. The van der Waals surface area contributed by atoms with Crippen molar-refractivity contribution in [3.05, 3.63) is 65.0 Å². The molecule has 5 nitrogen and oxygen atoms in total. The van der Waals surface area contributed by atoms with Crippen LogP contribution >= 0.6 is 0 Å². The fraction of sp³-hybridized carbons (Fsp3) is 0.263. The predicted molar refractivity (Wildman–Crippen MR) is 91.6 cm³/mol. The zero-order valence-electron chi connectivity index (χ0n) is 13.7. The van der Waals surface area contributed by atoms with E-state index in [1.54, 1.807) is 29.2 Å². The summed E-state index contributed by atoms with van der Waals surface area (Å²) in [7, 11) is 0. The third-order valence-corrected chi connectivity index (χ3v) is 4.09. The first-order chi connectivity index (χ1) is 12.2. The standard InChI is InChI=1S/C19H18FN3O2/c20-18-6-1-14(12-21)11-16(18)13-22-17-4-2-15(3-5-17)19(24)23-7-9-25-10-8-23/h1-6,11,22H,7-10,13H2. The van der Waals surface area contributed by atoms with E-state index >= 15 is 0 Å². The minimum Gasteiger partial charge on any atom is -0.381 e. The van der Waals surface area contributed by atoms with E-state index in [0.29, 0.717) is 43.0 Å². The van der Waals surface area contributed by atoms with Gasteiger partial charge in [0.15, 0.2) is 0 Å². The van der Waals surface area contributed by atoms with Gasteiger partial charge in [0.25, 0.3) is 5.91 Å². The molecule has 1 N–H and O–H groups in total. The summed E-state index contributed by atoms with van der Waals surface area (Å²) in [5, 5.41) is 12.0. The summed E-state index contributed by atoms with van der Waals surface area (Å²) in [6, 6.07) is 13.4. The summed E-state index contributed by atoms with van der Waals surface area (Å²) < 4.78 is 19.0. The second kappa shape index (κ2) is 7.77. The Hall–Kier alpha value is -2.91. The number of hydrogen-bond donors (Lipinski definition) is 1. The first kappa shape index (κ1) is 16.9. The molecule has 1 aliphatic rings. The Balaban J connectivity index is 1.63. The lowest BCUT2D eigenvalue weighted by atomic mass is 10.1. The van der Waals surface area contributed by atoms with Crippen molar-refractivity contribution in [2.75, 3.05) is 31.6 Å². The zero-order valence-corrected chi connectivity index (χ0v) is 13.7. The van der Waals surface area contributed by atoms with E-state index < -0.39 is 0 Å². The largest absolute Gasteiger partial charge is 0.381 e. The Kier molecular flexibility index (Phi) is 5.26. The number of ether oxygens (including phenoxy) is 1. The van der Waals surface area contributed by atoms with Gasteiger partial charge in [-0.15, -0.1) is 0 Å². The van der Waals surface area contributed by atoms with Gasteiger partial charge in [-0.25, -0.2) is 4.39 Å². The van der Waals surface area contributed by atoms with Gasteiger partial charge in [-0.2, -0.15) is 5.26 Å². The molecule has 0 spiro atoms. The number of nitrogens with one attached hydrogen (secondary N) is 1. The highest BCUT2D eigenvalue weighted by molar-refractivity contribution is 5.94. The molecular formula is C19H18FN3O2. The smallest absolute Gasteiger partial charge is 0.254 e. The lowest BCUT2D eigenvalue weighted by Crippen LogP contribution is -2.40. The van der Waals surface area contributed by atoms with Crippen LogP contribution in [0.3, 0.4) is 0 Å². The molecule has 0 bridgehead atoms. The monoisotopic (exact) mass is 339 g/mol. The van der Waals surface area contributed by atoms with Crippen molar-refractivity contribution in [2.24, 2.45) is 0 Å². The first-order valence-electron chi connectivity index (χ1n) is 8.07. The maximum atomic E-state index is 13.8. The molecule has 0 saturated carbocycles. The van der Waals surface area contributed by atoms with Crippen LogP contribution in [0.25, 0.3) is 0 Å². The summed E-state index contributed by atoms with van der Waals surface area (Å²) in [5.41, 5.74) is 2.24. The summed E-state index contributed by atoms with van der Waals surface area (Å²) in [6.07, 6.45) is 0. The Labute approximate surface area is 145 Å². The van der Waals surface area contributed by atoms with E-state index in [-0.39, 0.29) is 18.3 Å². The molecule has 1 fully saturated rings. The van der Waals surface area contributed by atoms with Crippen molar-refractivity contribution in [1.82, 2.24) is 4.90 Å². The van der Waals surface area contributed by atoms with Crippen LogP contribution in [0.5, 0.6) is 0 Å². The van der Waals surface area contributed by atoms with Gasteiger partial charge in [0.1, 0.15) is 5.82 Å². The number of nitriles is 1. The number of anilines is 1. The average Bonchev–Trinajstić information content (AvgIpc) is 2.68. The number of rotatable bonds is 4. The van der Waals surface area contributed by atoms with E-state index in [9.17, 15) is 9.18 Å². The van der Waals surface area contributed by atoms with Crippen LogP contribution in [0.2, 0.25) is 0 Å². The van der Waals surface area contributed by atoms with Gasteiger partial charge in [0.05, 0.1) is 24.8 Å². The van der Waals surface area contributed by atoms with Crippen LogP contribution < -0.4 is 5.32 Å². The number of nitrogens with zero attached hydrogens (tertiary/aromatic N) is 2. The van der Waals surface area contributed by atoms with Crippen molar-refractivity contribution in [2.45, 2.75) is 6.54 Å². The fourth-order valence-corrected chi connectivity index (χ4v) is 2.66. The van der Waals surface area contributed by atoms with Crippen LogP contribution in [-0.2, 0) is 11.3 Å². The molecule has 0 aromatic heterocycles. The summed E-state index contributed by atoms with van der Waals surface area (Å²) >= 11 is 0. The Bertz CT molecular complexity index is 793. The molecular weight excluding hydrogens is 321 g/mol. The van der Waals surface area contributed by atoms with Crippen LogP contribution in [0, 0.1) is 17.1 Å². The Morgan fingerprint density at radius 1 is 1.20 bits per heavy atom. The second-order valence-corrected chi connectivity index (χ2v) is 5.75. The molecule has 2 aromatic carbocycles. The average molecular weight is 339 g/mol. The summed E-state index contributed by atoms with van der Waals surface area (Å²) in [5.74, 6) is -0.367. The number of benzene rings is 2. The van der Waals surface area contributed by atoms with Gasteiger partial charge in [-0.3, -0.25) is 4.79 Å². The van der Waals surface area contributed by atoms with Crippen molar-refractivity contribution in [1.29, 1.82) is 5.26 Å². The van der Waals surface area contributed by atoms with Gasteiger partial charge < -0.3 is 15.0 Å². The van der Waals surface area contributed by atoms with E-state index in [1.807, 2.05) is 6.07 Å². The van der Waals surface area contributed by atoms with E-state index in [0.717, 1.165) is 5.69 Å². The lowest BCUT2D eigenvalue weighted by Gasteiger charge is -2.26. The second-order valence-electron chi connectivity index (χ2n) is 5.75. The molecule has 1 heterocycles. The fourth-order valence-electron chi connectivity index (χ4n) is 2.66. The summed E-state index contributed by atoms with van der Waals surface area (Å²) in [6.45, 7) is 2.61. The lowest BCUT2D eigenvalue weighted by molar-refractivity contribution is 0.0303. The molecule has 0 atom stereocenters. The molecule has 0 radical (unpaired) electrons. The third kappa shape index (κ3) is 4.14. The number of carbonyl (C=O) groups is 1. The molecule has 1 amide bonds. The molecule has 6 heteroatoms. The molecule has 3 rings (SSSR count). The first-order valence-corrected chi connectivity index (χ1v) is 8.07. The van der Waals surface area contributed by atoms with E-state index in [1.165, 1.54) is 18.2 Å². The van der Waals surface area contributed by atoms with Crippen LogP contribution in [0.15, 0.2) is 42.5 Å². The molecule has 2 aromatic rings. The van der Waals surface area contributed by atoms with Gasteiger partial charge in [-0.05, 0) is 42.5 Å². The number of hydrogen-bond acceptors (Lipinski definition) is 4. The Morgan fingerprint density at radius 2 is 1.92 bits per heavy atom. The quantitative estimate of drug-likeness (QED) is 0.930. The third-order valence-electron chi connectivity index (χ3n) is 4.09. The van der Waals surface area contributed by atoms with Crippen LogP contribution in [0.1, 0.15) is 21.5 Å². The van der Waals surface area contributed by atoms with Gasteiger partial charge in [0, 0.05) is 36.4 Å². The normalized spacial score (nSPS) is 14.0. The van der Waals surface area contributed by atoms with Crippen molar-refractivity contribution >= 4 is 11.6 Å². The minimum atomic E-state index is -0.356. The van der Waals surface area contributed by atoms with Gasteiger partial charge in [-0.1, -0.05) is 0 Å². The highest BCUT2D eigenvalue weighted by Crippen LogP contribution is 2.16. The van der Waals surface area contributed by atoms with Crippen molar-refractivity contribution < 1.29 is 13.9 Å². The topological polar surface area (TPSA) is 65.4 Å². The molecule has 1 aliphatic heterocycles. The van der Waals surface area contributed by atoms with E-state index in [4.69, 9.17) is 10.00 Å². The maximum Gasteiger partial charge on any atom is 0.254 e. The molecule has 128 valence electrons. The summed E-state index contributed by atoms with van der Waals surface area (Å²) in [4.78, 5) is 14.1. The number of halogens is 1. The van der Waals surface area contributed by atoms with Gasteiger partial charge >= 0.3 is 0 Å². The predicted octanol–water partition coefficient (Wildman–Crippen LogP) is 2.78. The van der Waals surface area contributed by atoms with Crippen molar-refractivity contribution in [3.63, 3.8) is 0 Å². The molecule has 0 aliphatic carbocycles. The van der Waals surface area contributed by atoms with E-state index in [2.05, 4.69) is 5.32 Å². The highest BCUT2D eigenvalue weighted by Gasteiger charge is 2.18. The number of carbonyl (C=O) groups excluding carboxylic acids is 1. The Morgan fingerprint density at radius 3 is 2.60 bits per heavy atom. The highest BCUT2D eigenvalue weighted by atomic mass is 19.1. The van der Waals surface area contributed by atoms with Crippen LogP contribution in [-0.4, -0.2) is 37.1 Å². The maximum absolute atomic E-state index is 13.8.